The van der Waals surface area contributed by atoms with Crippen LogP contribution in [0.15, 0.2) is 47.3 Å². The van der Waals surface area contributed by atoms with Gasteiger partial charge in [0, 0.05) is 12.1 Å². The van der Waals surface area contributed by atoms with E-state index in [4.69, 9.17) is 4.74 Å². The van der Waals surface area contributed by atoms with E-state index in [1.807, 2.05) is 0 Å². The van der Waals surface area contributed by atoms with Crippen LogP contribution < -0.4 is 5.69 Å². The average molecular weight is 423 g/mol. The predicted molar refractivity (Wildman–Crippen MR) is 99.6 cm³/mol. The zero-order valence-corrected chi connectivity index (χ0v) is 15.6. The Hall–Kier alpha value is -3.14. The number of halogens is 4. The number of morpholine rings is 1. The van der Waals surface area contributed by atoms with Gasteiger partial charge in [-0.3, -0.25) is 9.36 Å². The molecule has 2 heterocycles. The Morgan fingerprint density at radius 1 is 1.17 bits per heavy atom. The molecule has 0 saturated carbocycles. The van der Waals surface area contributed by atoms with E-state index in [0.29, 0.717) is 16.7 Å². The SMILES string of the molecule is O=C(c1ccc2[nH]c(=O)n(CC(F)(F)F)c2c1)N1CCOCC1c1ccc(F)cc1. The Bertz CT molecular complexity index is 1130. The first-order valence-corrected chi connectivity index (χ1v) is 9.16. The van der Waals surface area contributed by atoms with E-state index in [-0.39, 0.29) is 29.7 Å². The number of H-pyrrole nitrogens is 1. The van der Waals surface area contributed by atoms with Gasteiger partial charge in [-0.05, 0) is 35.9 Å². The molecule has 1 N–H and O–H groups in total. The van der Waals surface area contributed by atoms with Crippen LogP contribution in [0, 0.1) is 5.82 Å². The Labute approximate surface area is 167 Å². The van der Waals surface area contributed by atoms with Crippen LogP contribution in [0.3, 0.4) is 0 Å². The van der Waals surface area contributed by atoms with Crippen molar-refractivity contribution >= 4 is 16.9 Å². The molecular weight excluding hydrogens is 406 g/mol. The van der Waals surface area contributed by atoms with Gasteiger partial charge >= 0.3 is 11.9 Å². The fraction of sp³-hybridized carbons (Fsp3) is 0.300. The topological polar surface area (TPSA) is 67.3 Å². The Morgan fingerprint density at radius 2 is 1.90 bits per heavy atom. The maximum absolute atomic E-state index is 13.3. The van der Waals surface area contributed by atoms with Gasteiger partial charge in [-0.25, -0.2) is 9.18 Å². The van der Waals surface area contributed by atoms with Crippen molar-refractivity contribution in [3.05, 3.63) is 69.9 Å². The summed E-state index contributed by atoms with van der Waals surface area (Å²) in [6.07, 6.45) is -4.59. The summed E-state index contributed by atoms with van der Waals surface area (Å²) in [4.78, 5) is 29.0. The Kier molecular flexibility index (Phi) is 5.10. The third-order valence-corrected chi connectivity index (χ3v) is 5.00. The highest BCUT2D eigenvalue weighted by atomic mass is 19.4. The molecule has 1 aromatic heterocycles. The molecule has 0 aliphatic carbocycles. The van der Waals surface area contributed by atoms with Gasteiger partial charge in [0.15, 0.2) is 0 Å². The number of hydrogen-bond donors (Lipinski definition) is 1. The van der Waals surface area contributed by atoms with Crippen LogP contribution >= 0.6 is 0 Å². The summed E-state index contributed by atoms with van der Waals surface area (Å²) in [6.45, 7) is -0.683. The zero-order chi connectivity index (χ0) is 21.5. The number of amides is 1. The molecule has 1 fully saturated rings. The van der Waals surface area contributed by atoms with Gasteiger partial charge in [-0.1, -0.05) is 12.1 Å². The van der Waals surface area contributed by atoms with Crippen molar-refractivity contribution in [2.75, 3.05) is 19.8 Å². The first kappa shape index (κ1) is 20.1. The minimum absolute atomic E-state index is 0.00485. The van der Waals surface area contributed by atoms with Crippen LogP contribution in [0.5, 0.6) is 0 Å². The molecule has 30 heavy (non-hydrogen) atoms. The number of imidazole rings is 1. The smallest absolute Gasteiger partial charge is 0.377 e. The molecular formula is C20H17F4N3O3. The van der Waals surface area contributed by atoms with E-state index in [0.717, 1.165) is 0 Å². The Balaban J connectivity index is 1.70. The number of nitrogens with zero attached hydrogens (tertiary/aromatic N) is 2. The number of aromatic amines is 1. The van der Waals surface area contributed by atoms with E-state index < -0.39 is 36.2 Å². The minimum Gasteiger partial charge on any atom is -0.377 e. The number of nitrogens with one attached hydrogen (secondary N) is 1. The third-order valence-electron chi connectivity index (χ3n) is 5.00. The molecule has 1 unspecified atom stereocenters. The van der Waals surface area contributed by atoms with Crippen LogP contribution in [0.2, 0.25) is 0 Å². The molecule has 1 atom stereocenters. The second-order valence-electron chi connectivity index (χ2n) is 7.00. The summed E-state index contributed by atoms with van der Waals surface area (Å²) in [5, 5.41) is 0. The normalized spacial score (nSPS) is 17.5. The van der Waals surface area contributed by atoms with Crippen LogP contribution in [0.25, 0.3) is 11.0 Å². The largest absolute Gasteiger partial charge is 0.406 e. The molecule has 10 heteroatoms. The van der Waals surface area contributed by atoms with Gasteiger partial charge in [0.25, 0.3) is 5.91 Å². The lowest BCUT2D eigenvalue weighted by Gasteiger charge is -2.36. The fourth-order valence-electron chi connectivity index (χ4n) is 3.60. The summed E-state index contributed by atoms with van der Waals surface area (Å²) in [6, 6.07) is 9.36. The van der Waals surface area contributed by atoms with Gasteiger partial charge in [0.05, 0.1) is 30.3 Å². The van der Waals surface area contributed by atoms with E-state index in [1.54, 1.807) is 12.1 Å². The molecule has 1 aliphatic rings. The summed E-state index contributed by atoms with van der Waals surface area (Å²) in [7, 11) is 0. The van der Waals surface area contributed by atoms with Crippen molar-refractivity contribution in [3.8, 4) is 0 Å². The molecule has 158 valence electrons. The average Bonchev–Trinajstić information content (AvgIpc) is 3.01. The molecule has 0 bridgehead atoms. The molecule has 0 radical (unpaired) electrons. The molecule has 2 aromatic carbocycles. The summed E-state index contributed by atoms with van der Waals surface area (Å²) < 4.78 is 57.8. The molecule has 1 amide bonds. The maximum Gasteiger partial charge on any atom is 0.406 e. The van der Waals surface area contributed by atoms with Gasteiger partial charge in [0.1, 0.15) is 12.4 Å². The van der Waals surface area contributed by atoms with E-state index in [1.165, 1.54) is 35.2 Å². The molecule has 0 spiro atoms. The number of carbonyl (C=O) groups excluding carboxylic acids is 1. The number of fused-ring (bicyclic) bond motifs is 1. The molecule has 6 nitrogen and oxygen atoms in total. The van der Waals surface area contributed by atoms with Crippen molar-refractivity contribution in [3.63, 3.8) is 0 Å². The number of carbonyl (C=O) groups is 1. The quantitative estimate of drug-likeness (QED) is 0.658. The number of hydrogen-bond acceptors (Lipinski definition) is 3. The number of benzene rings is 2. The molecule has 1 saturated heterocycles. The second-order valence-corrected chi connectivity index (χ2v) is 7.00. The molecule has 4 rings (SSSR count). The number of aromatic nitrogens is 2. The van der Waals surface area contributed by atoms with Crippen molar-refractivity contribution in [1.29, 1.82) is 0 Å². The van der Waals surface area contributed by atoms with Crippen molar-refractivity contribution in [1.82, 2.24) is 14.5 Å². The number of alkyl halides is 3. The lowest BCUT2D eigenvalue weighted by molar-refractivity contribution is -0.140. The fourth-order valence-corrected chi connectivity index (χ4v) is 3.60. The monoisotopic (exact) mass is 423 g/mol. The second kappa shape index (κ2) is 7.60. The van der Waals surface area contributed by atoms with Crippen molar-refractivity contribution < 1.29 is 27.1 Å². The van der Waals surface area contributed by atoms with Gasteiger partial charge < -0.3 is 14.6 Å². The van der Waals surface area contributed by atoms with Gasteiger partial charge in [-0.15, -0.1) is 0 Å². The molecule has 1 aliphatic heterocycles. The zero-order valence-electron chi connectivity index (χ0n) is 15.6. The van der Waals surface area contributed by atoms with Gasteiger partial charge in [0.2, 0.25) is 0 Å². The van der Waals surface area contributed by atoms with Crippen LogP contribution in [-0.4, -0.2) is 46.3 Å². The van der Waals surface area contributed by atoms with E-state index in [9.17, 15) is 27.2 Å². The predicted octanol–water partition coefficient (Wildman–Crippen LogP) is 3.24. The number of rotatable bonds is 3. The summed E-state index contributed by atoms with van der Waals surface area (Å²) in [5.41, 5.74) is 0.128. The standard InChI is InChI=1S/C20H17F4N3O3/c21-14-4-1-12(2-5-14)17-10-30-8-7-26(17)18(28)13-3-6-15-16(9-13)27(19(29)25-15)11-20(22,23)24/h1-6,9,17H,7-8,10-11H2,(H,25,29). The summed E-state index contributed by atoms with van der Waals surface area (Å²) >= 11 is 0. The number of ether oxygens (including phenoxy) is 1. The highest BCUT2D eigenvalue weighted by Gasteiger charge is 2.32. The lowest BCUT2D eigenvalue weighted by atomic mass is 10.0. The van der Waals surface area contributed by atoms with Crippen molar-refractivity contribution in [2.24, 2.45) is 0 Å². The minimum atomic E-state index is -4.59. The van der Waals surface area contributed by atoms with E-state index in [2.05, 4.69) is 4.98 Å². The van der Waals surface area contributed by atoms with Crippen LogP contribution in [0.1, 0.15) is 22.0 Å². The third kappa shape index (κ3) is 3.95. The van der Waals surface area contributed by atoms with Crippen LogP contribution in [0.4, 0.5) is 17.6 Å². The van der Waals surface area contributed by atoms with Crippen LogP contribution in [-0.2, 0) is 11.3 Å². The Morgan fingerprint density at radius 3 is 2.60 bits per heavy atom. The summed E-state index contributed by atoms with van der Waals surface area (Å²) in [5.74, 6) is -0.823. The first-order chi connectivity index (χ1) is 14.2. The van der Waals surface area contributed by atoms with E-state index >= 15 is 0 Å². The maximum atomic E-state index is 13.3. The highest BCUT2D eigenvalue weighted by Crippen LogP contribution is 2.27. The van der Waals surface area contributed by atoms with Gasteiger partial charge in [-0.2, -0.15) is 13.2 Å². The molecule has 3 aromatic rings. The van der Waals surface area contributed by atoms with Crippen molar-refractivity contribution in [2.45, 2.75) is 18.8 Å². The highest BCUT2D eigenvalue weighted by molar-refractivity contribution is 5.97. The lowest BCUT2D eigenvalue weighted by Crippen LogP contribution is -2.43. The first-order valence-electron chi connectivity index (χ1n) is 9.16.